The number of benzene rings is 2. The molecule has 1 heterocycles. The topological polar surface area (TPSA) is 49.0 Å². The summed E-state index contributed by atoms with van der Waals surface area (Å²) in [6, 6.07) is 6.65. The molecule has 0 saturated carbocycles. The second-order valence-electron chi connectivity index (χ2n) is 6.29. The van der Waals surface area contributed by atoms with E-state index in [2.05, 4.69) is 10.2 Å². The molecule has 30 heavy (non-hydrogen) atoms. The highest BCUT2D eigenvalue weighted by atomic mass is 35.5. The van der Waals surface area contributed by atoms with E-state index >= 15 is 0 Å². The Morgan fingerprint density at radius 3 is 2.37 bits per heavy atom. The third-order valence-electron chi connectivity index (χ3n) is 4.26. The summed E-state index contributed by atoms with van der Waals surface area (Å²) in [6.45, 7) is 0. The van der Waals surface area contributed by atoms with Gasteiger partial charge in [-0.3, -0.25) is 9.89 Å². The standard InChI is InChI=1S/C19H12ClF6N3O/c1-29(18(30)16-14(8-19(24,25)26)27-28-17(16)20)15-5-3-2-4-9(15)10-6-12(22)13(23)7-11(10)21/h2-7H,8H2,1H3,(H,27,28). The molecule has 3 aromatic rings. The highest BCUT2D eigenvalue weighted by Gasteiger charge is 2.34. The Labute approximate surface area is 171 Å². The molecule has 11 heteroatoms. The number of nitrogens with zero attached hydrogens (tertiary/aromatic N) is 2. The zero-order chi connectivity index (χ0) is 22.2. The molecule has 0 atom stereocenters. The van der Waals surface area contributed by atoms with E-state index in [1.165, 1.54) is 31.3 Å². The number of aromatic nitrogens is 2. The third kappa shape index (κ3) is 4.28. The fourth-order valence-electron chi connectivity index (χ4n) is 2.90. The molecule has 2 aromatic carbocycles. The number of halogens is 7. The Bertz CT molecular complexity index is 1110. The summed E-state index contributed by atoms with van der Waals surface area (Å²) in [5.74, 6) is -4.73. The minimum absolute atomic E-state index is 0.0155. The molecular formula is C19H12ClF6N3O. The number of anilines is 1. The van der Waals surface area contributed by atoms with Crippen molar-refractivity contribution in [1.82, 2.24) is 10.2 Å². The van der Waals surface area contributed by atoms with Crippen molar-refractivity contribution >= 4 is 23.2 Å². The molecular weight excluding hydrogens is 436 g/mol. The quantitative estimate of drug-likeness (QED) is 0.422. The number of nitrogens with one attached hydrogen (secondary N) is 1. The normalized spacial score (nSPS) is 11.6. The Kier molecular flexibility index (Phi) is 5.80. The zero-order valence-electron chi connectivity index (χ0n) is 15.1. The zero-order valence-corrected chi connectivity index (χ0v) is 15.9. The molecule has 1 amide bonds. The van der Waals surface area contributed by atoms with Crippen molar-refractivity contribution in [2.24, 2.45) is 0 Å². The average Bonchev–Trinajstić information content (AvgIpc) is 3.02. The van der Waals surface area contributed by atoms with Crippen LogP contribution in [0.4, 0.5) is 32.0 Å². The van der Waals surface area contributed by atoms with E-state index < -0.39 is 52.4 Å². The smallest absolute Gasteiger partial charge is 0.311 e. The summed E-state index contributed by atoms with van der Waals surface area (Å²) >= 11 is 5.81. The van der Waals surface area contributed by atoms with Crippen molar-refractivity contribution in [2.45, 2.75) is 12.6 Å². The number of H-pyrrole nitrogens is 1. The van der Waals surface area contributed by atoms with Gasteiger partial charge in [0, 0.05) is 24.2 Å². The first-order valence-corrected chi connectivity index (χ1v) is 8.69. The SMILES string of the molecule is CN(C(=O)c1c(Cl)n[nH]c1CC(F)(F)F)c1ccccc1-c1cc(F)c(F)cc1F. The summed E-state index contributed by atoms with van der Waals surface area (Å²) in [6.07, 6.45) is -6.10. The predicted octanol–water partition coefficient (Wildman–Crippen LogP) is 5.53. The van der Waals surface area contributed by atoms with Crippen LogP contribution >= 0.6 is 11.6 Å². The highest BCUT2D eigenvalue weighted by Crippen LogP contribution is 2.35. The number of amides is 1. The van der Waals surface area contributed by atoms with Gasteiger partial charge < -0.3 is 4.90 Å². The Balaban J connectivity index is 2.06. The molecule has 1 N–H and O–H groups in total. The highest BCUT2D eigenvalue weighted by molar-refractivity contribution is 6.33. The fraction of sp³-hybridized carbons (Fsp3) is 0.158. The number of para-hydroxylation sites is 1. The lowest BCUT2D eigenvalue weighted by atomic mass is 10.0. The van der Waals surface area contributed by atoms with Gasteiger partial charge in [-0.1, -0.05) is 29.8 Å². The third-order valence-corrected chi connectivity index (χ3v) is 4.53. The number of rotatable bonds is 4. The van der Waals surface area contributed by atoms with E-state index in [-0.39, 0.29) is 16.8 Å². The van der Waals surface area contributed by atoms with Gasteiger partial charge in [-0.2, -0.15) is 18.3 Å². The van der Waals surface area contributed by atoms with Crippen LogP contribution in [0.2, 0.25) is 5.15 Å². The van der Waals surface area contributed by atoms with Gasteiger partial charge >= 0.3 is 6.18 Å². The number of carbonyl (C=O) groups is 1. The molecule has 4 nitrogen and oxygen atoms in total. The molecule has 0 aliphatic rings. The first-order chi connectivity index (χ1) is 14.0. The van der Waals surface area contributed by atoms with Crippen molar-refractivity contribution in [3.8, 4) is 11.1 Å². The van der Waals surface area contributed by atoms with Gasteiger partial charge in [-0.05, 0) is 12.1 Å². The monoisotopic (exact) mass is 447 g/mol. The number of carbonyl (C=O) groups excluding carboxylic acids is 1. The van der Waals surface area contributed by atoms with Crippen LogP contribution < -0.4 is 4.90 Å². The summed E-state index contributed by atoms with van der Waals surface area (Å²) in [5, 5.41) is 5.07. The lowest BCUT2D eigenvalue weighted by molar-refractivity contribution is -0.127. The van der Waals surface area contributed by atoms with Crippen molar-refractivity contribution < 1.29 is 31.1 Å². The minimum atomic E-state index is -4.63. The lowest BCUT2D eigenvalue weighted by Gasteiger charge is -2.21. The molecule has 0 spiro atoms. The summed E-state index contributed by atoms with van der Waals surface area (Å²) in [7, 11) is 1.22. The van der Waals surface area contributed by atoms with E-state index in [0.29, 0.717) is 12.1 Å². The van der Waals surface area contributed by atoms with Gasteiger partial charge in [0.15, 0.2) is 16.8 Å². The molecule has 0 aliphatic carbocycles. The summed E-state index contributed by atoms with van der Waals surface area (Å²) in [4.78, 5) is 13.8. The second kappa shape index (κ2) is 8.02. The fourth-order valence-corrected chi connectivity index (χ4v) is 3.14. The maximum Gasteiger partial charge on any atom is 0.394 e. The van der Waals surface area contributed by atoms with Crippen LogP contribution in [0.5, 0.6) is 0 Å². The van der Waals surface area contributed by atoms with Crippen molar-refractivity contribution in [3.63, 3.8) is 0 Å². The minimum Gasteiger partial charge on any atom is -0.311 e. The largest absolute Gasteiger partial charge is 0.394 e. The van der Waals surface area contributed by atoms with Crippen LogP contribution in [0.3, 0.4) is 0 Å². The van der Waals surface area contributed by atoms with E-state index in [9.17, 15) is 31.1 Å². The number of hydrogen-bond donors (Lipinski definition) is 1. The van der Waals surface area contributed by atoms with Crippen LogP contribution in [0.1, 0.15) is 16.1 Å². The Hall–Kier alpha value is -3.01. The molecule has 1 aromatic heterocycles. The van der Waals surface area contributed by atoms with Crippen LogP contribution in [-0.4, -0.2) is 29.3 Å². The molecule has 0 unspecified atom stereocenters. The van der Waals surface area contributed by atoms with Gasteiger partial charge in [0.25, 0.3) is 5.91 Å². The van der Waals surface area contributed by atoms with Crippen LogP contribution in [-0.2, 0) is 6.42 Å². The van der Waals surface area contributed by atoms with Crippen LogP contribution in [0.15, 0.2) is 36.4 Å². The van der Waals surface area contributed by atoms with Crippen molar-refractivity contribution in [3.05, 3.63) is 70.3 Å². The molecule has 0 aliphatic heterocycles. The lowest BCUT2D eigenvalue weighted by Crippen LogP contribution is -2.28. The predicted molar refractivity (Wildman–Crippen MR) is 97.8 cm³/mol. The summed E-state index contributed by atoms with van der Waals surface area (Å²) in [5.41, 5.74) is -1.33. The van der Waals surface area contributed by atoms with E-state index in [1.54, 1.807) is 0 Å². The number of aromatic amines is 1. The van der Waals surface area contributed by atoms with Crippen molar-refractivity contribution in [1.29, 1.82) is 0 Å². The van der Waals surface area contributed by atoms with Crippen LogP contribution in [0, 0.1) is 17.5 Å². The molecule has 0 fully saturated rings. The van der Waals surface area contributed by atoms with Gasteiger partial charge in [-0.15, -0.1) is 0 Å². The number of hydrogen-bond acceptors (Lipinski definition) is 2. The molecule has 0 bridgehead atoms. The van der Waals surface area contributed by atoms with Gasteiger partial charge in [0.1, 0.15) is 11.4 Å². The van der Waals surface area contributed by atoms with Crippen molar-refractivity contribution in [2.75, 3.05) is 11.9 Å². The first kappa shape index (κ1) is 21.7. The van der Waals surface area contributed by atoms with E-state index in [1.807, 2.05) is 0 Å². The molecule has 158 valence electrons. The first-order valence-electron chi connectivity index (χ1n) is 8.31. The molecule has 3 rings (SSSR count). The maximum atomic E-state index is 14.3. The van der Waals surface area contributed by atoms with E-state index in [0.717, 1.165) is 4.90 Å². The average molecular weight is 448 g/mol. The molecule has 0 saturated heterocycles. The Morgan fingerprint density at radius 1 is 1.07 bits per heavy atom. The maximum absolute atomic E-state index is 14.3. The van der Waals surface area contributed by atoms with Crippen LogP contribution in [0.25, 0.3) is 11.1 Å². The molecule has 0 radical (unpaired) electrons. The summed E-state index contributed by atoms with van der Waals surface area (Å²) < 4.78 is 79.6. The van der Waals surface area contributed by atoms with Gasteiger partial charge in [0.2, 0.25) is 0 Å². The van der Waals surface area contributed by atoms with E-state index in [4.69, 9.17) is 11.6 Å². The Morgan fingerprint density at radius 2 is 1.70 bits per heavy atom. The van der Waals surface area contributed by atoms with Gasteiger partial charge in [-0.25, -0.2) is 13.2 Å². The number of alkyl halides is 3. The second-order valence-corrected chi connectivity index (χ2v) is 6.65. The van der Waals surface area contributed by atoms with Gasteiger partial charge in [0.05, 0.1) is 17.8 Å².